The van der Waals surface area contributed by atoms with Gasteiger partial charge in [-0.05, 0) is 44.0 Å². The molecule has 26 heavy (non-hydrogen) atoms. The van der Waals surface area contributed by atoms with Gasteiger partial charge in [-0.2, -0.15) is 13.2 Å². The smallest absolute Gasteiger partial charge is 0.422 e. The highest BCUT2D eigenvalue weighted by Crippen LogP contribution is 2.26. The van der Waals surface area contributed by atoms with E-state index >= 15 is 0 Å². The van der Waals surface area contributed by atoms with Crippen molar-refractivity contribution in [1.82, 2.24) is 0 Å². The molecule has 0 spiro atoms. The lowest BCUT2D eigenvalue weighted by Crippen LogP contribution is -2.23. The number of hydrogen-bond donors (Lipinski definition) is 2. The van der Waals surface area contributed by atoms with Crippen LogP contribution in [0.1, 0.15) is 16.7 Å². The molecule has 0 fully saturated rings. The molecule has 2 aromatic rings. The highest BCUT2D eigenvalue weighted by molar-refractivity contribution is 5.95. The second-order valence-electron chi connectivity index (χ2n) is 6.08. The summed E-state index contributed by atoms with van der Waals surface area (Å²) in [5.74, 6) is -0.258. The van der Waals surface area contributed by atoms with E-state index in [0.717, 1.165) is 22.4 Å². The molecular formula is C19H21F3N2O2. The van der Waals surface area contributed by atoms with E-state index in [9.17, 15) is 18.0 Å². The number of alkyl halides is 3. The summed E-state index contributed by atoms with van der Waals surface area (Å²) in [5, 5.41) is 5.64. The zero-order chi connectivity index (χ0) is 19.3. The van der Waals surface area contributed by atoms with Crippen molar-refractivity contribution < 1.29 is 22.7 Å². The van der Waals surface area contributed by atoms with Crippen molar-refractivity contribution in [1.29, 1.82) is 0 Å². The van der Waals surface area contributed by atoms with Gasteiger partial charge in [-0.1, -0.05) is 29.8 Å². The van der Waals surface area contributed by atoms with Crippen LogP contribution in [-0.2, 0) is 4.79 Å². The van der Waals surface area contributed by atoms with Crippen LogP contribution in [-0.4, -0.2) is 25.2 Å². The zero-order valence-electron chi connectivity index (χ0n) is 14.8. The van der Waals surface area contributed by atoms with Gasteiger partial charge in [0, 0.05) is 5.69 Å². The van der Waals surface area contributed by atoms with Crippen molar-refractivity contribution in [3.05, 3.63) is 53.1 Å². The Morgan fingerprint density at radius 3 is 2.31 bits per heavy atom. The van der Waals surface area contributed by atoms with Crippen LogP contribution in [0.25, 0.3) is 0 Å². The number of halogens is 3. The first-order valence-corrected chi connectivity index (χ1v) is 8.06. The second-order valence-corrected chi connectivity index (χ2v) is 6.08. The molecule has 7 heteroatoms. The maximum atomic E-state index is 12.3. The zero-order valence-corrected chi connectivity index (χ0v) is 14.8. The third kappa shape index (κ3) is 5.68. The van der Waals surface area contributed by atoms with Crippen molar-refractivity contribution in [2.45, 2.75) is 26.9 Å². The number of rotatable bonds is 6. The minimum Gasteiger partial charge on any atom is -0.482 e. The molecule has 140 valence electrons. The van der Waals surface area contributed by atoms with Gasteiger partial charge in [0.05, 0.1) is 12.2 Å². The Morgan fingerprint density at radius 2 is 1.69 bits per heavy atom. The summed E-state index contributed by atoms with van der Waals surface area (Å²) < 4.78 is 41.8. The number of hydrogen-bond acceptors (Lipinski definition) is 3. The highest BCUT2D eigenvalue weighted by atomic mass is 19.4. The molecule has 2 N–H and O–H groups in total. The molecule has 4 nitrogen and oxygen atoms in total. The fourth-order valence-corrected chi connectivity index (χ4v) is 2.63. The molecule has 0 radical (unpaired) electrons. The Morgan fingerprint density at radius 1 is 1.08 bits per heavy atom. The van der Waals surface area contributed by atoms with Gasteiger partial charge < -0.3 is 15.4 Å². The number of ether oxygens (including phenoxy) is 1. The molecule has 0 saturated heterocycles. The third-order valence-electron chi connectivity index (χ3n) is 3.66. The van der Waals surface area contributed by atoms with Gasteiger partial charge in [-0.15, -0.1) is 0 Å². The number of para-hydroxylation sites is 2. The summed E-state index contributed by atoms with van der Waals surface area (Å²) in [4.78, 5) is 12.2. The van der Waals surface area contributed by atoms with Crippen LogP contribution in [0.4, 0.5) is 24.5 Å². The van der Waals surface area contributed by atoms with E-state index in [1.165, 1.54) is 6.07 Å². The first-order chi connectivity index (χ1) is 12.2. The van der Waals surface area contributed by atoms with E-state index in [4.69, 9.17) is 4.74 Å². The number of nitrogens with one attached hydrogen (secondary N) is 2. The Hall–Kier alpha value is -2.70. The molecule has 0 saturated carbocycles. The molecular weight excluding hydrogens is 345 g/mol. The summed E-state index contributed by atoms with van der Waals surface area (Å²) >= 11 is 0. The summed E-state index contributed by atoms with van der Waals surface area (Å²) in [5.41, 5.74) is 4.06. The molecule has 0 bridgehead atoms. The van der Waals surface area contributed by atoms with E-state index in [-0.39, 0.29) is 18.2 Å². The lowest BCUT2D eigenvalue weighted by molar-refractivity contribution is -0.153. The molecule has 0 aliphatic rings. The van der Waals surface area contributed by atoms with E-state index in [2.05, 4.69) is 10.6 Å². The van der Waals surface area contributed by atoms with E-state index in [1.54, 1.807) is 18.2 Å². The Kier molecular flexibility index (Phi) is 6.13. The number of carbonyl (C=O) groups excluding carboxylic acids is 1. The van der Waals surface area contributed by atoms with Crippen LogP contribution in [0.2, 0.25) is 0 Å². The number of aryl methyl sites for hydroxylation is 3. The maximum Gasteiger partial charge on any atom is 0.422 e. The van der Waals surface area contributed by atoms with Gasteiger partial charge in [0.15, 0.2) is 6.61 Å². The van der Waals surface area contributed by atoms with Crippen molar-refractivity contribution in [3.8, 4) is 5.75 Å². The van der Waals surface area contributed by atoms with Crippen molar-refractivity contribution in [2.24, 2.45) is 0 Å². The summed E-state index contributed by atoms with van der Waals surface area (Å²) in [6, 6.07) is 10.1. The van der Waals surface area contributed by atoms with Crippen LogP contribution in [0, 0.1) is 20.8 Å². The lowest BCUT2D eigenvalue weighted by atomic mass is 10.1. The molecule has 0 atom stereocenters. The SMILES string of the molecule is Cc1cc(C)c(NC(=O)CNc2ccccc2OCC(F)(F)F)c(C)c1. The Balaban J connectivity index is 2.00. The summed E-state index contributed by atoms with van der Waals surface area (Å²) in [7, 11) is 0. The fraction of sp³-hybridized carbons (Fsp3) is 0.316. The molecule has 2 aromatic carbocycles. The topological polar surface area (TPSA) is 50.4 Å². The van der Waals surface area contributed by atoms with Gasteiger partial charge in [0.25, 0.3) is 0 Å². The van der Waals surface area contributed by atoms with Gasteiger partial charge >= 0.3 is 6.18 Å². The van der Waals surface area contributed by atoms with Gasteiger partial charge in [0.2, 0.25) is 5.91 Å². The van der Waals surface area contributed by atoms with Gasteiger partial charge in [0.1, 0.15) is 5.75 Å². The van der Waals surface area contributed by atoms with Crippen molar-refractivity contribution >= 4 is 17.3 Å². The molecule has 0 aromatic heterocycles. The summed E-state index contributed by atoms with van der Waals surface area (Å²) in [6.45, 7) is 4.30. The number of anilines is 2. The molecule has 2 rings (SSSR count). The molecule has 0 heterocycles. The Bertz CT molecular complexity index is 766. The quantitative estimate of drug-likeness (QED) is 0.785. The predicted octanol–water partition coefficient (Wildman–Crippen LogP) is 4.60. The fourth-order valence-electron chi connectivity index (χ4n) is 2.63. The van der Waals surface area contributed by atoms with E-state index in [0.29, 0.717) is 5.69 Å². The second kappa shape index (κ2) is 8.12. The third-order valence-corrected chi connectivity index (χ3v) is 3.66. The average Bonchev–Trinajstić information content (AvgIpc) is 2.54. The molecule has 0 aliphatic heterocycles. The number of carbonyl (C=O) groups is 1. The molecule has 1 amide bonds. The van der Waals surface area contributed by atoms with Crippen LogP contribution in [0.15, 0.2) is 36.4 Å². The van der Waals surface area contributed by atoms with Crippen molar-refractivity contribution in [2.75, 3.05) is 23.8 Å². The first-order valence-electron chi connectivity index (χ1n) is 8.06. The van der Waals surface area contributed by atoms with Crippen molar-refractivity contribution in [3.63, 3.8) is 0 Å². The molecule has 0 aliphatic carbocycles. The minimum atomic E-state index is -4.43. The summed E-state index contributed by atoms with van der Waals surface area (Å²) in [6.07, 6.45) is -4.43. The molecule has 0 unspecified atom stereocenters. The standard InChI is InChI=1S/C19H21F3N2O2/c1-12-8-13(2)18(14(3)9-12)24-17(25)10-23-15-6-4-5-7-16(15)26-11-19(20,21)22/h4-9,23H,10-11H2,1-3H3,(H,24,25). The van der Waals surface area contributed by atoms with E-state index < -0.39 is 12.8 Å². The maximum absolute atomic E-state index is 12.3. The first kappa shape index (κ1) is 19.6. The average molecular weight is 366 g/mol. The predicted molar refractivity (Wildman–Crippen MR) is 95.8 cm³/mol. The monoisotopic (exact) mass is 366 g/mol. The Labute approximate surface area is 150 Å². The number of amides is 1. The van der Waals surface area contributed by atoms with Gasteiger partial charge in [-0.3, -0.25) is 4.79 Å². The van der Waals surface area contributed by atoms with Crippen LogP contribution >= 0.6 is 0 Å². The normalized spacial score (nSPS) is 11.2. The lowest BCUT2D eigenvalue weighted by Gasteiger charge is -2.16. The van der Waals surface area contributed by atoms with Crippen LogP contribution < -0.4 is 15.4 Å². The number of benzene rings is 2. The van der Waals surface area contributed by atoms with Crippen LogP contribution in [0.3, 0.4) is 0 Å². The van der Waals surface area contributed by atoms with E-state index in [1.807, 2.05) is 32.9 Å². The highest BCUT2D eigenvalue weighted by Gasteiger charge is 2.28. The van der Waals surface area contributed by atoms with Crippen LogP contribution in [0.5, 0.6) is 5.75 Å². The minimum absolute atomic E-state index is 0.0420. The largest absolute Gasteiger partial charge is 0.482 e. The van der Waals surface area contributed by atoms with Gasteiger partial charge in [-0.25, -0.2) is 0 Å².